The fraction of sp³-hybridized carbons (Fsp3) is 0.625. The van der Waals surface area contributed by atoms with Gasteiger partial charge in [0.25, 0.3) is 0 Å². The topological polar surface area (TPSA) is 9.23 Å². The normalized spacial score (nSPS) is 41.5. The summed E-state index contributed by atoms with van der Waals surface area (Å²) in [4.78, 5) is 0. The molecular formula is C16H18OS2. The molecule has 2 spiro atoms. The zero-order valence-corrected chi connectivity index (χ0v) is 12.6. The van der Waals surface area contributed by atoms with Gasteiger partial charge in [-0.15, -0.1) is 23.5 Å². The van der Waals surface area contributed by atoms with Gasteiger partial charge >= 0.3 is 0 Å². The molecule has 1 saturated carbocycles. The molecule has 100 valence electrons. The summed E-state index contributed by atoms with van der Waals surface area (Å²) in [7, 11) is 0. The molecular weight excluding hydrogens is 272 g/mol. The van der Waals surface area contributed by atoms with E-state index in [9.17, 15) is 0 Å². The van der Waals surface area contributed by atoms with Crippen LogP contribution in [0.25, 0.3) is 0 Å². The Kier molecular flexibility index (Phi) is 2.27. The first-order valence-electron chi connectivity index (χ1n) is 7.41. The van der Waals surface area contributed by atoms with Gasteiger partial charge in [0, 0.05) is 0 Å². The van der Waals surface area contributed by atoms with Gasteiger partial charge in [-0.3, -0.25) is 0 Å². The molecule has 0 N–H and O–H groups in total. The number of rotatable bonds is 0. The van der Waals surface area contributed by atoms with Crippen LogP contribution in [0.1, 0.15) is 42.9 Å². The number of benzene rings is 1. The highest BCUT2D eigenvalue weighted by molar-refractivity contribution is 8.18. The van der Waals surface area contributed by atoms with E-state index in [1.807, 2.05) is 0 Å². The zero-order valence-electron chi connectivity index (χ0n) is 10.9. The van der Waals surface area contributed by atoms with Crippen molar-refractivity contribution in [1.82, 2.24) is 0 Å². The van der Waals surface area contributed by atoms with Crippen molar-refractivity contribution in [3.63, 3.8) is 0 Å². The average molecular weight is 290 g/mol. The number of hydrogen-bond donors (Lipinski definition) is 0. The van der Waals surface area contributed by atoms with Crippen molar-refractivity contribution in [3.8, 4) is 0 Å². The Labute approximate surface area is 122 Å². The third-order valence-electron chi connectivity index (χ3n) is 5.46. The SMILES string of the molecule is c1ccc2c(c1)[C@H]1C[C@@H]3CCC4(SCCCS4)[C@@]23O1. The summed E-state index contributed by atoms with van der Waals surface area (Å²) >= 11 is 4.40. The second kappa shape index (κ2) is 3.75. The lowest BCUT2D eigenvalue weighted by Gasteiger charge is -2.45. The highest BCUT2D eigenvalue weighted by atomic mass is 32.2. The molecule has 3 heteroatoms. The lowest BCUT2D eigenvalue weighted by Crippen LogP contribution is -2.46. The minimum Gasteiger partial charge on any atom is -0.360 e. The van der Waals surface area contributed by atoms with Gasteiger partial charge in [0.1, 0.15) is 5.60 Å². The number of ether oxygens (including phenoxy) is 1. The highest BCUT2D eigenvalue weighted by Crippen LogP contribution is 2.74. The number of hydrogen-bond acceptors (Lipinski definition) is 3. The molecule has 2 saturated heterocycles. The van der Waals surface area contributed by atoms with Crippen LogP contribution in [0.4, 0.5) is 0 Å². The number of fused-ring (bicyclic) bond motifs is 3. The Balaban J connectivity index is 1.73. The lowest BCUT2D eigenvalue weighted by molar-refractivity contribution is -0.0330. The quantitative estimate of drug-likeness (QED) is 0.703. The molecule has 3 atom stereocenters. The molecule has 0 amide bonds. The summed E-state index contributed by atoms with van der Waals surface area (Å²) in [6.07, 6.45) is 5.73. The van der Waals surface area contributed by atoms with Gasteiger partial charge in [-0.25, -0.2) is 0 Å². The molecule has 2 bridgehead atoms. The van der Waals surface area contributed by atoms with Crippen LogP contribution in [0.5, 0.6) is 0 Å². The van der Waals surface area contributed by atoms with Crippen LogP contribution in [0.15, 0.2) is 24.3 Å². The van der Waals surface area contributed by atoms with Crippen molar-refractivity contribution >= 4 is 23.5 Å². The van der Waals surface area contributed by atoms with Gasteiger partial charge in [0.2, 0.25) is 0 Å². The molecule has 0 unspecified atom stereocenters. The van der Waals surface area contributed by atoms with Crippen LogP contribution < -0.4 is 0 Å². The smallest absolute Gasteiger partial charge is 0.121 e. The zero-order chi connectivity index (χ0) is 12.5. The fourth-order valence-electron chi connectivity index (χ4n) is 4.79. The maximum absolute atomic E-state index is 6.71. The fourth-order valence-corrected chi connectivity index (χ4v) is 8.65. The molecule has 3 fully saturated rings. The van der Waals surface area contributed by atoms with E-state index in [4.69, 9.17) is 4.74 Å². The van der Waals surface area contributed by atoms with Crippen LogP contribution >= 0.6 is 23.5 Å². The second-order valence-electron chi connectivity index (χ2n) is 6.20. The van der Waals surface area contributed by atoms with Gasteiger partial charge < -0.3 is 4.74 Å². The first kappa shape index (κ1) is 11.5. The van der Waals surface area contributed by atoms with Crippen molar-refractivity contribution in [3.05, 3.63) is 35.4 Å². The first-order valence-corrected chi connectivity index (χ1v) is 9.38. The Morgan fingerprint density at radius 2 is 2.00 bits per heavy atom. The number of thioether (sulfide) groups is 2. The van der Waals surface area contributed by atoms with E-state index >= 15 is 0 Å². The van der Waals surface area contributed by atoms with Gasteiger partial charge in [0.15, 0.2) is 0 Å². The minimum absolute atomic E-state index is 0.0456. The summed E-state index contributed by atoms with van der Waals surface area (Å²) in [6, 6.07) is 9.04. The monoisotopic (exact) mass is 290 g/mol. The third kappa shape index (κ3) is 1.22. The van der Waals surface area contributed by atoms with Crippen LogP contribution in [0.3, 0.4) is 0 Å². The van der Waals surface area contributed by atoms with E-state index in [0.717, 1.165) is 5.92 Å². The first-order chi connectivity index (χ1) is 9.36. The summed E-state index contributed by atoms with van der Waals surface area (Å²) < 4.78 is 7.02. The average Bonchev–Trinajstić information content (AvgIpc) is 3.09. The van der Waals surface area contributed by atoms with Gasteiger partial charge in [0.05, 0.1) is 10.2 Å². The van der Waals surface area contributed by atoms with Crippen LogP contribution in [-0.4, -0.2) is 15.6 Å². The molecule has 3 heterocycles. The van der Waals surface area contributed by atoms with Crippen LogP contribution in [-0.2, 0) is 10.3 Å². The van der Waals surface area contributed by atoms with Crippen molar-refractivity contribution < 1.29 is 4.74 Å². The Morgan fingerprint density at radius 1 is 1.16 bits per heavy atom. The van der Waals surface area contributed by atoms with Crippen LogP contribution in [0.2, 0.25) is 0 Å². The predicted octanol–water partition coefficient (Wildman–Crippen LogP) is 4.33. The lowest BCUT2D eigenvalue weighted by atomic mass is 9.76. The van der Waals surface area contributed by atoms with Gasteiger partial charge in [-0.1, -0.05) is 24.3 Å². The van der Waals surface area contributed by atoms with E-state index in [-0.39, 0.29) is 5.60 Å². The maximum Gasteiger partial charge on any atom is 0.121 e. The Morgan fingerprint density at radius 3 is 2.89 bits per heavy atom. The molecule has 0 radical (unpaired) electrons. The minimum atomic E-state index is 0.0456. The second-order valence-corrected chi connectivity index (χ2v) is 9.25. The third-order valence-corrected chi connectivity index (χ3v) is 9.10. The van der Waals surface area contributed by atoms with Crippen molar-refractivity contribution in [1.29, 1.82) is 0 Å². The van der Waals surface area contributed by atoms with Gasteiger partial charge in [-0.05, 0) is 54.2 Å². The molecule has 0 aromatic heterocycles. The molecule has 1 aromatic rings. The summed E-state index contributed by atoms with van der Waals surface area (Å²) in [5.41, 5.74) is 3.08. The van der Waals surface area contributed by atoms with Crippen LogP contribution in [0, 0.1) is 5.92 Å². The highest BCUT2D eigenvalue weighted by Gasteiger charge is 2.70. The molecule has 4 aliphatic rings. The van der Waals surface area contributed by atoms with Gasteiger partial charge in [-0.2, -0.15) is 0 Å². The van der Waals surface area contributed by atoms with E-state index in [2.05, 4.69) is 47.8 Å². The Bertz CT molecular complexity index is 532. The van der Waals surface area contributed by atoms with Crippen molar-refractivity contribution in [2.45, 2.75) is 41.5 Å². The van der Waals surface area contributed by atoms with E-state index < -0.39 is 0 Å². The predicted molar refractivity (Wildman–Crippen MR) is 81.6 cm³/mol. The molecule has 1 aliphatic carbocycles. The van der Waals surface area contributed by atoms with E-state index in [0.29, 0.717) is 10.2 Å². The Hall–Kier alpha value is -0.120. The summed E-state index contributed by atoms with van der Waals surface area (Å²) in [5.74, 6) is 3.40. The van der Waals surface area contributed by atoms with Crippen molar-refractivity contribution in [2.75, 3.05) is 11.5 Å². The molecule has 1 aromatic carbocycles. The van der Waals surface area contributed by atoms with E-state index in [1.165, 1.54) is 48.3 Å². The molecule has 3 aliphatic heterocycles. The molecule has 5 rings (SSSR count). The maximum atomic E-state index is 6.71. The van der Waals surface area contributed by atoms with Crippen molar-refractivity contribution in [2.24, 2.45) is 5.92 Å². The molecule has 19 heavy (non-hydrogen) atoms. The summed E-state index contributed by atoms with van der Waals surface area (Å²) in [5, 5.41) is 0. The molecule has 1 nitrogen and oxygen atoms in total. The standard InChI is InChI=1S/C16H18OS2/c1-2-5-13-12(4-1)14-10-11-6-7-15(16(11,13)17-14)18-8-3-9-19-15/h1-2,4-5,11,14H,3,6-10H2/t11-,14+,16-/m0/s1. The summed E-state index contributed by atoms with van der Waals surface area (Å²) in [6.45, 7) is 0. The largest absolute Gasteiger partial charge is 0.360 e. The van der Waals surface area contributed by atoms with E-state index in [1.54, 1.807) is 0 Å².